The molecule has 0 radical (unpaired) electrons. The molecule has 3 amide bonds. The molecule has 2 heterocycles. The van der Waals surface area contributed by atoms with Crippen LogP contribution in [-0.4, -0.2) is 77.8 Å². The Labute approximate surface area is 195 Å². The number of ketones is 1. The summed E-state index contributed by atoms with van der Waals surface area (Å²) in [7, 11) is 0. The Morgan fingerprint density at radius 1 is 1.29 bits per heavy atom. The lowest BCUT2D eigenvalue weighted by Gasteiger charge is -2.28. The van der Waals surface area contributed by atoms with Gasteiger partial charge in [-0.1, -0.05) is 13.8 Å². The van der Waals surface area contributed by atoms with E-state index in [9.17, 15) is 37.5 Å². The third-order valence-corrected chi connectivity index (χ3v) is 7.01. The molecule has 1 saturated carbocycles. The predicted molar refractivity (Wildman–Crippen MR) is 112 cm³/mol. The number of nitrogens with zero attached hydrogens (tertiary/aromatic N) is 1. The largest absolute Gasteiger partial charge is 0.522 e. The van der Waals surface area contributed by atoms with Crippen molar-refractivity contribution >= 4 is 23.5 Å². The van der Waals surface area contributed by atoms with E-state index >= 15 is 0 Å². The third-order valence-electron chi connectivity index (χ3n) is 7.01. The van der Waals surface area contributed by atoms with Gasteiger partial charge in [-0.05, 0) is 43.4 Å². The fourth-order valence-corrected chi connectivity index (χ4v) is 4.57. The predicted octanol–water partition coefficient (Wildman–Crippen LogP) is 0.891. The van der Waals surface area contributed by atoms with Crippen LogP contribution in [0.25, 0.3) is 0 Å². The number of rotatable bonds is 10. The average Bonchev–Trinajstić information content (AvgIpc) is 3.20. The number of aliphatic hydroxyl groups excluding tert-OH is 1. The van der Waals surface area contributed by atoms with Crippen molar-refractivity contribution < 1.29 is 42.2 Å². The maximum absolute atomic E-state index is 13.2. The van der Waals surface area contributed by atoms with E-state index in [2.05, 4.69) is 15.4 Å². The monoisotopic (exact) mass is 491 g/mol. The molecule has 2 saturated heterocycles. The van der Waals surface area contributed by atoms with Crippen LogP contribution in [0.1, 0.15) is 52.4 Å². The molecule has 0 aromatic carbocycles. The van der Waals surface area contributed by atoms with Crippen molar-refractivity contribution in [3.05, 3.63) is 0 Å². The maximum atomic E-state index is 13.2. The third kappa shape index (κ3) is 6.68. The Morgan fingerprint density at radius 3 is 2.50 bits per heavy atom. The Balaban J connectivity index is 1.71. The van der Waals surface area contributed by atoms with Gasteiger partial charge in [0.25, 0.3) is 0 Å². The van der Waals surface area contributed by atoms with E-state index in [1.807, 2.05) is 0 Å². The van der Waals surface area contributed by atoms with E-state index < -0.39 is 48.8 Å². The van der Waals surface area contributed by atoms with Crippen molar-refractivity contribution in [2.75, 3.05) is 19.7 Å². The molecule has 34 heavy (non-hydrogen) atoms. The molecular weight excluding hydrogens is 459 g/mol. The zero-order chi connectivity index (χ0) is 25.3. The summed E-state index contributed by atoms with van der Waals surface area (Å²) >= 11 is 0. The number of Topliss-reactive ketones (excluding diaryl/α,β-unsaturated/α-hetero) is 1. The van der Waals surface area contributed by atoms with Gasteiger partial charge in [0.05, 0.1) is 18.6 Å². The van der Waals surface area contributed by atoms with Crippen molar-refractivity contribution in [3.8, 4) is 0 Å². The van der Waals surface area contributed by atoms with E-state index in [1.54, 1.807) is 13.8 Å². The normalized spacial score (nSPS) is 25.4. The molecule has 4 atom stereocenters. The number of carbonyl (C=O) groups excluding carboxylic acids is 4. The molecular formula is C22H32F3N3O6. The van der Waals surface area contributed by atoms with Gasteiger partial charge >= 0.3 is 6.36 Å². The van der Waals surface area contributed by atoms with Crippen LogP contribution >= 0.6 is 0 Å². The fourth-order valence-electron chi connectivity index (χ4n) is 4.57. The minimum Gasteiger partial charge on any atom is -0.392 e. The molecule has 0 bridgehead atoms. The Hall–Kier alpha value is -2.21. The second-order valence-electron chi connectivity index (χ2n) is 10.0. The highest BCUT2D eigenvalue weighted by molar-refractivity contribution is 5.94. The number of ether oxygens (including phenoxy) is 1. The first-order chi connectivity index (χ1) is 15.8. The molecule has 1 spiro atoms. The van der Waals surface area contributed by atoms with Gasteiger partial charge in [-0.2, -0.15) is 0 Å². The van der Waals surface area contributed by atoms with Gasteiger partial charge in [-0.25, -0.2) is 0 Å². The van der Waals surface area contributed by atoms with Crippen LogP contribution in [0.5, 0.6) is 0 Å². The number of alkyl halides is 3. The first-order valence-electron chi connectivity index (χ1n) is 11.6. The van der Waals surface area contributed by atoms with Gasteiger partial charge < -0.3 is 20.6 Å². The molecule has 3 aliphatic rings. The zero-order valence-electron chi connectivity index (χ0n) is 19.3. The van der Waals surface area contributed by atoms with Gasteiger partial charge in [-0.3, -0.25) is 23.9 Å². The average molecular weight is 492 g/mol. The van der Waals surface area contributed by atoms with E-state index in [1.165, 1.54) is 4.90 Å². The molecule has 3 rings (SSSR count). The molecule has 2 aliphatic heterocycles. The topological polar surface area (TPSA) is 125 Å². The van der Waals surface area contributed by atoms with Gasteiger partial charge in [0, 0.05) is 19.0 Å². The summed E-state index contributed by atoms with van der Waals surface area (Å²) in [5.74, 6) is -3.15. The molecule has 3 N–H and O–H groups in total. The second-order valence-corrected chi connectivity index (χ2v) is 10.0. The van der Waals surface area contributed by atoms with Crippen molar-refractivity contribution in [2.45, 2.75) is 76.9 Å². The van der Waals surface area contributed by atoms with E-state index in [0.29, 0.717) is 25.9 Å². The Bertz CT molecular complexity index is 814. The van der Waals surface area contributed by atoms with Gasteiger partial charge in [-0.15, -0.1) is 13.2 Å². The maximum Gasteiger partial charge on any atom is 0.522 e. The van der Waals surface area contributed by atoms with Crippen LogP contribution in [0, 0.1) is 17.3 Å². The summed E-state index contributed by atoms with van der Waals surface area (Å²) in [5, 5.41) is 15.2. The summed E-state index contributed by atoms with van der Waals surface area (Å²) < 4.78 is 41.0. The highest BCUT2D eigenvalue weighted by atomic mass is 19.4. The lowest BCUT2D eigenvalue weighted by molar-refractivity contribution is -0.321. The second kappa shape index (κ2) is 10.2. The molecule has 0 unspecified atom stereocenters. The van der Waals surface area contributed by atoms with E-state index in [-0.39, 0.29) is 36.0 Å². The standard InChI is InChI=1S/C22H32F3N3O6/c1-12(2)16(29)8-18(31)28-11-21(4-5-21)9-15(28)20(33)27-14(7-13-3-6-26-19(13)32)17(30)10-34-22(23,24)25/h12-16,29H,3-11H2,1-2H3,(H,26,32)(H,27,33)/t13-,14-,15-,16-/m0/s1. The number of nitrogens with one attached hydrogen (secondary N) is 2. The number of hydrogen-bond donors (Lipinski definition) is 3. The van der Waals surface area contributed by atoms with Crippen molar-refractivity contribution in [3.63, 3.8) is 0 Å². The van der Waals surface area contributed by atoms with Gasteiger partial charge in [0.1, 0.15) is 12.6 Å². The van der Waals surface area contributed by atoms with Crippen molar-refractivity contribution in [2.24, 2.45) is 17.3 Å². The van der Waals surface area contributed by atoms with Crippen molar-refractivity contribution in [1.82, 2.24) is 15.5 Å². The van der Waals surface area contributed by atoms with Crippen LogP contribution in [0.15, 0.2) is 0 Å². The van der Waals surface area contributed by atoms with Crippen LogP contribution in [0.3, 0.4) is 0 Å². The van der Waals surface area contributed by atoms with Gasteiger partial charge in [0.15, 0.2) is 5.78 Å². The summed E-state index contributed by atoms with van der Waals surface area (Å²) in [6.45, 7) is 2.99. The number of hydrogen-bond acceptors (Lipinski definition) is 6. The van der Waals surface area contributed by atoms with Crippen LogP contribution in [0.2, 0.25) is 0 Å². The minimum absolute atomic E-state index is 0.151. The minimum atomic E-state index is -5.01. The Morgan fingerprint density at radius 2 is 1.97 bits per heavy atom. The number of aliphatic hydroxyl groups is 1. The summed E-state index contributed by atoms with van der Waals surface area (Å²) in [5.41, 5.74) is -0.176. The van der Waals surface area contributed by atoms with Gasteiger partial charge in [0.2, 0.25) is 17.7 Å². The number of halogens is 3. The quantitative estimate of drug-likeness (QED) is 0.417. The number of amides is 3. The van der Waals surface area contributed by atoms with E-state index in [0.717, 1.165) is 12.8 Å². The molecule has 0 aromatic rings. The van der Waals surface area contributed by atoms with Crippen LogP contribution in [0.4, 0.5) is 13.2 Å². The SMILES string of the molecule is CC(C)[C@@H](O)CC(=O)N1CC2(CC2)C[C@H]1C(=O)N[C@@H](C[C@@H]1CCNC1=O)C(=O)COC(F)(F)F. The number of likely N-dealkylation sites (tertiary alicyclic amines) is 1. The highest BCUT2D eigenvalue weighted by Gasteiger charge is 2.55. The summed E-state index contributed by atoms with van der Waals surface area (Å²) in [6, 6.07) is -2.26. The lowest BCUT2D eigenvalue weighted by atomic mass is 9.95. The van der Waals surface area contributed by atoms with Crippen LogP contribution < -0.4 is 10.6 Å². The molecule has 192 valence electrons. The number of carbonyl (C=O) groups is 4. The first kappa shape index (κ1) is 26.4. The molecule has 12 heteroatoms. The van der Waals surface area contributed by atoms with Crippen molar-refractivity contribution in [1.29, 1.82) is 0 Å². The first-order valence-corrected chi connectivity index (χ1v) is 11.6. The van der Waals surface area contributed by atoms with Crippen LogP contribution in [-0.2, 0) is 23.9 Å². The molecule has 3 fully saturated rings. The molecule has 1 aliphatic carbocycles. The molecule has 0 aromatic heterocycles. The lowest BCUT2D eigenvalue weighted by Crippen LogP contribution is -2.52. The summed E-state index contributed by atoms with van der Waals surface area (Å²) in [6.07, 6.45) is -3.73. The summed E-state index contributed by atoms with van der Waals surface area (Å²) in [4.78, 5) is 51.9. The highest BCUT2D eigenvalue weighted by Crippen LogP contribution is 2.55. The fraction of sp³-hybridized carbons (Fsp3) is 0.818. The molecule has 9 nitrogen and oxygen atoms in total. The zero-order valence-corrected chi connectivity index (χ0v) is 19.3. The van der Waals surface area contributed by atoms with E-state index in [4.69, 9.17) is 0 Å². The smallest absolute Gasteiger partial charge is 0.392 e. The Kier molecular flexibility index (Phi) is 7.91.